The van der Waals surface area contributed by atoms with E-state index in [1.165, 1.54) is 0 Å². The summed E-state index contributed by atoms with van der Waals surface area (Å²) in [5.74, 6) is 0.342. The highest BCUT2D eigenvalue weighted by atomic mass is 16.5. The zero-order valence-electron chi connectivity index (χ0n) is 12.8. The topological polar surface area (TPSA) is 56.2 Å². The second kappa shape index (κ2) is 6.75. The van der Waals surface area contributed by atoms with Gasteiger partial charge in [-0.1, -0.05) is 18.2 Å². The van der Waals surface area contributed by atoms with Crippen molar-refractivity contribution in [2.75, 3.05) is 19.8 Å². The second-order valence-electron chi connectivity index (χ2n) is 5.75. The number of aryl methyl sites for hydroxylation is 1. The molecule has 1 aromatic carbocycles. The van der Waals surface area contributed by atoms with E-state index in [4.69, 9.17) is 4.74 Å². The lowest BCUT2D eigenvalue weighted by molar-refractivity contribution is 0.0536. The molecule has 3 rings (SSSR count). The van der Waals surface area contributed by atoms with Crippen molar-refractivity contribution < 1.29 is 9.53 Å². The molecule has 5 nitrogen and oxygen atoms in total. The van der Waals surface area contributed by atoms with E-state index in [9.17, 15) is 4.79 Å². The molecule has 1 fully saturated rings. The van der Waals surface area contributed by atoms with Gasteiger partial charge in [0.1, 0.15) is 0 Å². The Morgan fingerprint density at radius 3 is 3.09 bits per heavy atom. The number of carbonyl (C=O) groups is 1. The Bertz CT molecular complexity index is 645. The van der Waals surface area contributed by atoms with Crippen molar-refractivity contribution in [3.8, 4) is 5.69 Å². The standard InChI is InChI=1S/C17H21N3O2/c1-13-5-2-3-7-16(13)20-11-15(10-19-20)17(21)18-9-14-6-4-8-22-12-14/h2-3,5,7,10-11,14H,4,6,8-9,12H2,1H3,(H,18,21). The van der Waals surface area contributed by atoms with Crippen molar-refractivity contribution in [1.29, 1.82) is 0 Å². The zero-order chi connectivity index (χ0) is 15.4. The first-order valence-electron chi connectivity index (χ1n) is 7.70. The molecule has 2 heterocycles. The van der Waals surface area contributed by atoms with Gasteiger partial charge in [0.15, 0.2) is 0 Å². The number of nitrogens with one attached hydrogen (secondary N) is 1. The second-order valence-corrected chi connectivity index (χ2v) is 5.75. The SMILES string of the molecule is Cc1ccccc1-n1cc(C(=O)NCC2CCCOC2)cn1. The minimum absolute atomic E-state index is 0.0783. The highest BCUT2D eigenvalue weighted by molar-refractivity contribution is 5.93. The molecule has 0 aliphatic carbocycles. The number of amides is 1. The average Bonchev–Trinajstić information content (AvgIpc) is 3.04. The van der Waals surface area contributed by atoms with E-state index in [1.54, 1.807) is 17.1 Å². The van der Waals surface area contributed by atoms with Crippen molar-refractivity contribution >= 4 is 5.91 Å². The molecule has 1 aromatic heterocycles. The molecule has 1 amide bonds. The van der Waals surface area contributed by atoms with Crippen LogP contribution in [0, 0.1) is 12.8 Å². The third-order valence-electron chi connectivity index (χ3n) is 4.01. The number of para-hydroxylation sites is 1. The van der Waals surface area contributed by atoms with Crippen LogP contribution in [0.5, 0.6) is 0 Å². The minimum atomic E-state index is -0.0783. The van der Waals surface area contributed by atoms with Gasteiger partial charge >= 0.3 is 0 Å². The third-order valence-corrected chi connectivity index (χ3v) is 4.01. The van der Waals surface area contributed by atoms with Crippen LogP contribution in [0.3, 0.4) is 0 Å². The van der Waals surface area contributed by atoms with E-state index in [-0.39, 0.29) is 5.91 Å². The fourth-order valence-corrected chi connectivity index (χ4v) is 2.70. The minimum Gasteiger partial charge on any atom is -0.381 e. The van der Waals surface area contributed by atoms with Gasteiger partial charge in [-0.2, -0.15) is 5.10 Å². The first-order valence-corrected chi connectivity index (χ1v) is 7.70. The Morgan fingerprint density at radius 2 is 2.32 bits per heavy atom. The molecule has 116 valence electrons. The first-order chi connectivity index (χ1) is 10.7. The van der Waals surface area contributed by atoms with Crippen LogP contribution in [0.4, 0.5) is 0 Å². The monoisotopic (exact) mass is 299 g/mol. The smallest absolute Gasteiger partial charge is 0.254 e. The van der Waals surface area contributed by atoms with Crippen LogP contribution in [0.2, 0.25) is 0 Å². The van der Waals surface area contributed by atoms with Gasteiger partial charge in [0.05, 0.1) is 24.1 Å². The van der Waals surface area contributed by atoms with Gasteiger partial charge in [0.2, 0.25) is 0 Å². The first kappa shape index (κ1) is 14.8. The van der Waals surface area contributed by atoms with E-state index >= 15 is 0 Å². The number of aromatic nitrogens is 2. The summed E-state index contributed by atoms with van der Waals surface area (Å²) in [5.41, 5.74) is 2.69. The van der Waals surface area contributed by atoms with Crippen molar-refractivity contribution in [1.82, 2.24) is 15.1 Å². The molecule has 1 atom stereocenters. The molecule has 1 aliphatic rings. The molecule has 1 N–H and O–H groups in total. The Labute approximate surface area is 130 Å². The summed E-state index contributed by atoms with van der Waals surface area (Å²) in [6.07, 6.45) is 5.57. The van der Waals surface area contributed by atoms with Crippen LogP contribution in [0.25, 0.3) is 5.69 Å². The summed E-state index contributed by atoms with van der Waals surface area (Å²) in [6, 6.07) is 7.97. The Hall–Kier alpha value is -2.14. The van der Waals surface area contributed by atoms with Gasteiger partial charge in [-0.05, 0) is 37.3 Å². The van der Waals surface area contributed by atoms with Crippen LogP contribution in [-0.4, -0.2) is 35.4 Å². The summed E-state index contributed by atoms with van der Waals surface area (Å²) >= 11 is 0. The lowest BCUT2D eigenvalue weighted by atomic mass is 10.0. The zero-order valence-corrected chi connectivity index (χ0v) is 12.8. The molecule has 1 saturated heterocycles. The van der Waals surface area contributed by atoms with E-state index < -0.39 is 0 Å². The number of carbonyl (C=O) groups excluding carboxylic acids is 1. The van der Waals surface area contributed by atoms with E-state index in [2.05, 4.69) is 10.4 Å². The molecule has 1 aliphatic heterocycles. The van der Waals surface area contributed by atoms with Crippen LogP contribution in [0.1, 0.15) is 28.8 Å². The van der Waals surface area contributed by atoms with Gasteiger partial charge in [-0.25, -0.2) is 4.68 Å². The van der Waals surface area contributed by atoms with Crippen LogP contribution in [-0.2, 0) is 4.74 Å². The molecule has 1 unspecified atom stereocenters. The van der Waals surface area contributed by atoms with E-state index in [1.807, 2.05) is 31.2 Å². The lowest BCUT2D eigenvalue weighted by Crippen LogP contribution is -2.33. The van der Waals surface area contributed by atoms with Crippen LogP contribution >= 0.6 is 0 Å². The molecule has 0 radical (unpaired) electrons. The van der Waals surface area contributed by atoms with Gasteiger partial charge in [0, 0.05) is 19.3 Å². The van der Waals surface area contributed by atoms with Gasteiger partial charge in [-0.3, -0.25) is 4.79 Å². The predicted octanol–water partition coefficient (Wildman–Crippen LogP) is 2.34. The highest BCUT2D eigenvalue weighted by Gasteiger charge is 2.16. The largest absolute Gasteiger partial charge is 0.381 e. The summed E-state index contributed by atoms with van der Waals surface area (Å²) in [5, 5.41) is 7.27. The highest BCUT2D eigenvalue weighted by Crippen LogP contribution is 2.14. The normalized spacial score (nSPS) is 18.1. The maximum atomic E-state index is 12.2. The number of nitrogens with zero attached hydrogens (tertiary/aromatic N) is 2. The van der Waals surface area contributed by atoms with Crippen LogP contribution in [0.15, 0.2) is 36.7 Å². The van der Waals surface area contributed by atoms with Crippen molar-refractivity contribution in [2.24, 2.45) is 5.92 Å². The van der Waals surface area contributed by atoms with E-state index in [0.29, 0.717) is 18.0 Å². The summed E-state index contributed by atoms with van der Waals surface area (Å²) in [6.45, 7) is 4.27. The molecular weight excluding hydrogens is 278 g/mol. The molecule has 22 heavy (non-hydrogen) atoms. The number of ether oxygens (including phenoxy) is 1. The predicted molar refractivity (Wildman–Crippen MR) is 84.2 cm³/mol. The Morgan fingerprint density at radius 1 is 1.45 bits per heavy atom. The lowest BCUT2D eigenvalue weighted by Gasteiger charge is -2.21. The van der Waals surface area contributed by atoms with E-state index in [0.717, 1.165) is 37.3 Å². The Balaban J connectivity index is 1.63. The summed E-state index contributed by atoms with van der Waals surface area (Å²) in [4.78, 5) is 12.2. The van der Waals surface area contributed by atoms with Gasteiger partial charge in [-0.15, -0.1) is 0 Å². The number of rotatable bonds is 4. The summed E-state index contributed by atoms with van der Waals surface area (Å²) in [7, 11) is 0. The van der Waals surface area contributed by atoms with Crippen molar-refractivity contribution in [3.63, 3.8) is 0 Å². The quantitative estimate of drug-likeness (QED) is 0.942. The van der Waals surface area contributed by atoms with Crippen molar-refractivity contribution in [3.05, 3.63) is 47.8 Å². The maximum Gasteiger partial charge on any atom is 0.254 e. The number of benzene rings is 1. The van der Waals surface area contributed by atoms with Crippen molar-refractivity contribution in [2.45, 2.75) is 19.8 Å². The van der Waals surface area contributed by atoms with Gasteiger partial charge < -0.3 is 10.1 Å². The average molecular weight is 299 g/mol. The van der Waals surface area contributed by atoms with Crippen LogP contribution < -0.4 is 5.32 Å². The molecular formula is C17H21N3O2. The molecule has 2 aromatic rings. The molecule has 0 spiro atoms. The fourth-order valence-electron chi connectivity index (χ4n) is 2.70. The number of hydrogen-bond donors (Lipinski definition) is 1. The third kappa shape index (κ3) is 3.36. The Kier molecular flexibility index (Phi) is 4.53. The number of hydrogen-bond acceptors (Lipinski definition) is 3. The fraction of sp³-hybridized carbons (Fsp3) is 0.412. The molecule has 0 bridgehead atoms. The molecule has 0 saturated carbocycles. The summed E-state index contributed by atoms with van der Waals surface area (Å²) < 4.78 is 7.17. The maximum absolute atomic E-state index is 12.2. The molecule has 5 heteroatoms. The van der Waals surface area contributed by atoms with Gasteiger partial charge in [0.25, 0.3) is 5.91 Å².